The van der Waals surface area contributed by atoms with Crippen molar-refractivity contribution in [1.29, 1.82) is 0 Å². The van der Waals surface area contributed by atoms with Crippen LogP contribution in [0, 0.1) is 0 Å². The largest absolute Gasteiger partial charge is 0.391 e. The number of amides is 1. The van der Waals surface area contributed by atoms with Crippen LogP contribution >= 0.6 is 0 Å². The third-order valence-corrected chi connectivity index (χ3v) is 2.95. The van der Waals surface area contributed by atoms with E-state index < -0.39 is 18.1 Å². The molecule has 1 aromatic heterocycles. The van der Waals surface area contributed by atoms with Crippen LogP contribution in [0.3, 0.4) is 0 Å². The number of carbonyl (C=O) groups excluding carboxylic acids is 2. The Kier molecular flexibility index (Phi) is 4.79. The van der Waals surface area contributed by atoms with Gasteiger partial charge in [0, 0.05) is 5.56 Å². The lowest BCUT2D eigenvalue weighted by molar-refractivity contribution is 0.0894. The summed E-state index contributed by atoms with van der Waals surface area (Å²) in [6.07, 6.45) is 0.578. The van der Waals surface area contributed by atoms with Gasteiger partial charge in [0.25, 0.3) is 5.91 Å². The first-order valence-electron chi connectivity index (χ1n) is 6.51. The molecule has 1 heterocycles. The van der Waals surface area contributed by atoms with E-state index in [2.05, 4.69) is 10.3 Å². The summed E-state index contributed by atoms with van der Waals surface area (Å²) in [5, 5.41) is 11.7. The van der Waals surface area contributed by atoms with Gasteiger partial charge in [-0.1, -0.05) is 36.4 Å². The molecule has 2 unspecified atom stereocenters. The Hall–Kier alpha value is -2.53. The lowest BCUT2D eigenvalue weighted by Crippen LogP contribution is -2.43. The van der Waals surface area contributed by atoms with Gasteiger partial charge in [0.1, 0.15) is 11.7 Å². The summed E-state index contributed by atoms with van der Waals surface area (Å²) in [4.78, 5) is 27.0. The quantitative estimate of drug-likeness (QED) is 0.868. The molecule has 2 atom stereocenters. The summed E-state index contributed by atoms with van der Waals surface area (Å²) in [6.45, 7) is 1.41. The molecule has 107 valence electrons. The second kappa shape index (κ2) is 6.76. The molecule has 0 spiro atoms. The topological polar surface area (TPSA) is 79.3 Å². The molecule has 0 saturated heterocycles. The molecule has 0 bridgehead atoms. The Morgan fingerprint density at radius 2 is 1.90 bits per heavy atom. The van der Waals surface area contributed by atoms with Crippen LogP contribution < -0.4 is 5.32 Å². The fourth-order valence-corrected chi connectivity index (χ4v) is 1.79. The van der Waals surface area contributed by atoms with Crippen molar-refractivity contribution in [3.63, 3.8) is 0 Å². The standard InChI is InChI=1S/C16H15N2O3/c1-11(20)15(10-19)18-16(21)14-9-5-8-13(17-14)12-6-3-2-4-7-12/h2-9,11,15,20H,1H3,(H,18,21). The van der Waals surface area contributed by atoms with E-state index in [0.29, 0.717) is 5.69 Å². The van der Waals surface area contributed by atoms with Crippen molar-refractivity contribution in [3.05, 3.63) is 54.2 Å². The molecule has 0 saturated carbocycles. The van der Waals surface area contributed by atoms with Gasteiger partial charge in [0.05, 0.1) is 11.8 Å². The van der Waals surface area contributed by atoms with Gasteiger partial charge in [-0.05, 0) is 19.1 Å². The van der Waals surface area contributed by atoms with Gasteiger partial charge in [0.2, 0.25) is 6.29 Å². The van der Waals surface area contributed by atoms with E-state index in [1.54, 1.807) is 24.5 Å². The molecule has 1 radical (unpaired) electrons. The van der Waals surface area contributed by atoms with Crippen molar-refractivity contribution in [2.24, 2.45) is 0 Å². The first-order chi connectivity index (χ1) is 10.1. The zero-order chi connectivity index (χ0) is 15.2. The van der Waals surface area contributed by atoms with Crippen LogP contribution in [-0.4, -0.2) is 34.4 Å². The van der Waals surface area contributed by atoms with Crippen molar-refractivity contribution in [3.8, 4) is 11.3 Å². The first kappa shape index (κ1) is 14.9. The van der Waals surface area contributed by atoms with E-state index in [0.717, 1.165) is 5.56 Å². The minimum atomic E-state index is -1.07. The van der Waals surface area contributed by atoms with Crippen LogP contribution in [0.15, 0.2) is 48.5 Å². The molecule has 5 heteroatoms. The molecule has 0 aliphatic carbocycles. The van der Waals surface area contributed by atoms with E-state index in [4.69, 9.17) is 0 Å². The van der Waals surface area contributed by atoms with Gasteiger partial charge in [-0.2, -0.15) is 0 Å². The normalized spacial score (nSPS) is 13.2. The van der Waals surface area contributed by atoms with Crippen LogP contribution in [0.5, 0.6) is 0 Å². The summed E-state index contributed by atoms with van der Waals surface area (Å²) in [7, 11) is 0. The number of hydrogen-bond donors (Lipinski definition) is 2. The Labute approximate surface area is 122 Å². The Morgan fingerprint density at radius 3 is 2.52 bits per heavy atom. The predicted octanol–water partition coefficient (Wildman–Crippen LogP) is 1.34. The fourth-order valence-electron chi connectivity index (χ4n) is 1.79. The minimum absolute atomic E-state index is 0.178. The van der Waals surface area contributed by atoms with E-state index >= 15 is 0 Å². The third-order valence-electron chi connectivity index (χ3n) is 2.95. The molecule has 21 heavy (non-hydrogen) atoms. The summed E-state index contributed by atoms with van der Waals surface area (Å²) in [5.74, 6) is -0.526. The smallest absolute Gasteiger partial charge is 0.270 e. The highest BCUT2D eigenvalue weighted by Crippen LogP contribution is 2.16. The van der Waals surface area contributed by atoms with Gasteiger partial charge < -0.3 is 10.4 Å². The van der Waals surface area contributed by atoms with Crippen molar-refractivity contribution < 1.29 is 14.7 Å². The van der Waals surface area contributed by atoms with Crippen LogP contribution in [-0.2, 0) is 4.79 Å². The van der Waals surface area contributed by atoms with E-state index in [1.165, 1.54) is 6.92 Å². The van der Waals surface area contributed by atoms with Gasteiger partial charge in [-0.15, -0.1) is 0 Å². The number of nitrogens with one attached hydrogen (secondary N) is 1. The molecule has 1 amide bonds. The molecular formula is C16H15N2O3. The molecule has 0 fully saturated rings. The summed E-state index contributed by atoms with van der Waals surface area (Å²) < 4.78 is 0. The van der Waals surface area contributed by atoms with Crippen LogP contribution in [0.25, 0.3) is 11.3 Å². The number of carbonyl (C=O) groups is 1. The summed E-state index contributed by atoms with van der Waals surface area (Å²) in [5.41, 5.74) is 1.73. The van der Waals surface area contributed by atoms with E-state index in [-0.39, 0.29) is 5.69 Å². The number of nitrogens with zero attached hydrogens (tertiary/aromatic N) is 1. The second-order valence-electron chi connectivity index (χ2n) is 4.58. The number of hydrogen-bond acceptors (Lipinski definition) is 4. The zero-order valence-corrected chi connectivity index (χ0v) is 11.5. The van der Waals surface area contributed by atoms with Crippen LogP contribution in [0.2, 0.25) is 0 Å². The maximum atomic E-state index is 12.0. The maximum Gasteiger partial charge on any atom is 0.270 e. The van der Waals surface area contributed by atoms with Gasteiger partial charge >= 0.3 is 0 Å². The Balaban J connectivity index is 2.21. The second-order valence-corrected chi connectivity index (χ2v) is 4.58. The van der Waals surface area contributed by atoms with Crippen molar-refractivity contribution >= 4 is 12.2 Å². The molecule has 2 rings (SSSR count). The highest BCUT2D eigenvalue weighted by atomic mass is 16.3. The maximum absolute atomic E-state index is 12.0. The molecule has 2 aromatic rings. The molecule has 0 aliphatic rings. The third kappa shape index (κ3) is 3.73. The molecular weight excluding hydrogens is 268 g/mol. The summed E-state index contributed by atoms with van der Waals surface area (Å²) in [6, 6.07) is 13.4. The van der Waals surface area contributed by atoms with E-state index in [9.17, 15) is 14.7 Å². The van der Waals surface area contributed by atoms with Crippen LogP contribution in [0.1, 0.15) is 17.4 Å². The zero-order valence-electron chi connectivity index (χ0n) is 11.5. The molecule has 0 aliphatic heterocycles. The average molecular weight is 283 g/mol. The van der Waals surface area contributed by atoms with Gasteiger partial charge in [0.15, 0.2) is 0 Å². The number of benzene rings is 1. The lowest BCUT2D eigenvalue weighted by Gasteiger charge is -2.14. The van der Waals surface area contributed by atoms with Crippen molar-refractivity contribution in [2.45, 2.75) is 19.1 Å². The average Bonchev–Trinajstić information content (AvgIpc) is 2.53. The first-order valence-corrected chi connectivity index (χ1v) is 6.51. The molecule has 5 nitrogen and oxygen atoms in total. The van der Waals surface area contributed by atoms with Gasteiger partial charge in [-0.25, -0.2) is 4.98 Å². The van der Waals surface area contributed by atoms with Crippen LogP contribution in [0.4, 0.5) is 0 Å². The number of rotatable bonds is 5. The van der Waals surface area contributed by atoms with Crippen molar-refractivity contribution in [1.82, 2.24) is 10.3 Å². The molecule has 2 N–H and O–H groups in total. The lowest BCUT2D eigenvalue weighted by atomic mass is 10.1. The highest BCUT2D eigenvalue weighted by Gasteiger charge is 2.19. The van der Waals surface area contributed by atoms with E-state index in [1.807, 2.05) is 30.3 Å². The Bertz CT molecular complexity index is 626. The molecule has 1 aromatic carbocycles. The van der Waals surface area contributed by atoms with Gasteiger partial charge in [-0.3, -0.25) is 9.59 Å². The van der Waals surface area contributed by atoms with Crippen molar-refractivity contribution in [2.75, 3.05) is 0 Å². The number of aliphatic hydroxyl groups is 1. The number of pyridine rings is 1. The SMILES string of the molecule is CC(O)C([C]=O)NC(=O)c1cccc(-c2ccccc2)n1. The predicted molar refractivity (Wildman–Crippen MR) is 78.3 cm³/mol. The minimum Gasteiger partial charge on any atom is -0.391 e. The number of aromatic nitrogens is 1. The highest BCUT2D eigenvalue weighted by molar-refractivity contribution is 5.94. The number of aliphatic hydroxyl groups excluding tert-OH is 1. The summed E-state index contributed by atoms with van der Waals surface area (Å²) >= 11 is 0. The monoisotopic (exact) mass is 283 g/mol. The fraction of sp³-hybridized carbons (Fsp3) is 0.188. The Morgan fingerprint density at radius 1 is 1.19 bits per heavy atom.